The van der Waals surface area contributed by atoms with Crippen LogP contribution in [0.25, 0.3) is 0 Å². The molecule has 0 aromatic heterocycles. The van der Waals surface area contributed by atoms with Crippen molar-refractivity contribution in [3.8, 4) is 0 Å². The van der Waals surface area contributed by atoms with E-state index in [9.17, 15) is 14.0 Å². The van der Waals surface area contributed by atoms with E-state index in [1.807, 2.05) is 24.3 Å². The number of nitrogens with zero attached hydrogens (tertiary/aromatic N) is 1. The van der Waals surface area contributed by atoms with Crippen LogP contribution in [0.1, 0.15) is 11.1 Å². The third-order valence-electron chi connectivity index (χ3n) is 3.79. The fourth-order valence-corrected chi connectivity index (χ4v) is 2.75. The van der Waals surface area contributed by atoms with Crippen LogP contribution in [0.15, 0.2) is 42.5 Å². The summed E-state index contributed by atoms with van der Waals surface area (Å²) in [6, 6.07) is 11.6. The quantitative estimate of drug-likeness (QED) is 0.816. The molecule has 0 bridgehead atoms. The fraction of sp³-hybridized carbons (Fsp3) is 0.176. The highest BCUT2D eigenvalue weighted by Crippen LogP contribution is 2.21. The molecule has 0 spiro atoms. The number of carbonyl (C=O) groups excluding carboxylic acids is 2. The van der Waals surface area contributed by atoms with Gasteiger partial charge in [-0.05, 0) is 35.7 Å². The Labute approximate surface area is 137 Å². The van der Waals surface area contributed by atoms with Gasteiger partial charge in [-0.15, -0.1) is 0 Å². The molecular formula is C17H14ClFN2O2. The maximum absolute atomic E-state index is 13.1. The van der Waals surface area contributed by atoms with Gasteiger partial charge >= 0.3 is 11.8 Å². The molecule has 0 radical (unpaired) electrons. The van der Waals surface area contributed by atoms with Crippen molar-refractivity contribution >= 4 is 29.1 Å². The van der Waals surface area contributed by atoms with Crippen LogP contribution in [-0.4, -0.2) is 23.3 Å². The molecule has 23 heavy (non-hydrogen) atoms. The minimum absolute atomic E-state index is 0.109. The summed E-state index contributed by atoms with van der Waals surface area (Å²) in [7, 11) is 0. The number of nitrogens with one attached hydrogen (secondary N) is 1. The Morgan fingerprint density at radius 1 is 1.13 bits per heavy atom. The molecule has 1 aliphatic heterocycles. The summed E-state index contributed by atoms with van der Waals surface area (Å²) in [4.78, 5) is 25.9. The summed E-state index contributed by atoms with van der Waals surface area (Å²) in [6.07, 6.45) is 0.720. The van der Waals surface area contributed by atoms with Gasteiger partial charge < -0.3 is 10.2 Å². The Hall–Kier alpha value is -2.40. The van der Waals surface area contributed by atoms with Crippen LogP contribution in [0.4, 0.5) is 10.1 Å². The minimum Gasteiger partial charge on any atom is -0.330 e. The lowest BCUT2D eigenvalue weighted by Crippen LogP contribution is -2.42. The van der Waals surface area contributed by atoms with Crippen LogP contribution in [0.2, 0.25) is 5.02 Å². The van der Waals surface area contributed by atoms with Gasteiger partial charge in [0, 0.05) is 18.8 Å². The lowest BCUT2D eigenvalue weighted by molar-refractivity contribution is -0.143. The number of hydrogen-bond donors (Lipinski definition) is 1. The average Bonchev–Trinajstić information content (AvgIpc) is 2.57. The van der Waals surface area contributed by atoms with Crippen LogP contribution in [0.5, 0.6) is 0 Å². The lowest BCUT2D eigenvalue weighted by atomic mass is 10.00. The summed E-state index contributed by atoms with van der Waals surface area (Å²) in [5.41, 5.74) is 2.53. The molecule has 1 heterocycles. The van der Waals surface area contributed by atoms with Crippen molar-refractivity contribution in [1.29, 1.82) is 0 Å². The highest BCUT2D eigenvalue weighted by Gasteiger charge is 2.25. The maximum atomic E-state index is 13.1. The first kappa shape index (κ1) is 15.5. The first-order valence-corrected chi connectivity index (χ1v) is 7.54. The van der Waals surface area contributed by atoms with Crippen molar-refractivity contribution in [2.45, 2.75) is 13.0 Å². The van der Waals surface area contributed by atoms with E-state index in [1.165, 1.54) is 22.6 Å². The first-order valence-electron chi connectivity index (χ1n) is 7.16. The highest BCUT2D eigenvalue weighted by atomic mass is 35.5. The zero-order chi connectivity index (χ0) is 16.4. The van der Waals surface area contributed by atoms with Gasteiger partial charge in [-0.25, -0.2) is 4.39 Å². The Morgan fingerprint density at radius 2 is 1.87 bits per heavy atom. The molecule has 0 aliphatic carbocycles. The molecule has 0 saturated heterocycles. The third-order valence-corrected chi connectivity index (χ3v) is 4.08. The van der Waals surface area contributed by atoms with Crippen molar-refractivity contribution in [3.63, 3.8) is 0 Å². The fourth-order valence-electron chi connectivity index (χ4n) is 2.57. The Balaban J connectivity index is 1.68. The van der Waals surface area contributed by atoms with E-state index in [-0.39, 0.29) is 10.7 Å². The topological polar surface area (TPSA) is 49.4 Å². The standard InChI is InChI=1S/C17H14ClFN2O2/c18-14-9-13(5-6-15(14)19)20-16(22)17(23)21-8-7-11-3-1-2-4-12(11)10-21/h1-6,9H,7-8,10H2,(H,20,22). The van der Waals surface area contributed by atoms with E-state index in [0.717, 1.165) is 18.1 Å². The van der Waals surface area contributed by atoms with Crippen molar-refractivity contribution in [2.75, 3.05) is 11.9 Å². The Bertz CT molecular complexity index is 779. The monoisotopic (exact) mass is 332 g/mol. The first-order chi connectivity index (χ1) is 11.0. The largest absolute Gasteiger partial charge is 0.330 e. The number of anilines is 1. The van der Waals surface area contributed by atoms with Gasteiger partial charge in [0.25, 0.3) is 0 Å². The second-order valence-electron chi connectivity index (χ2n) is 5.33. The van der Waals surface area contributed by atoms with E-state index in [1.54, 1.807) is 0 Å². The molecule has 118 valence electrons. The lowest BCUT2D eigenvalue weighted by Gasteiger charge is -2.28. The molecule has 0 fully saturated rings. The number of rotatable bonds is 1. The number of hydrogen-bond acceptors (Lipinski definition) is 2. The van der Waals surface area contributed by atoms with Gasteiger partial charge in [0.2, 0.25) is 0 Å². The summed E-state index contributed by atoms with van der Waals surface area (Å²) >= 11 is 5.66. The smallest absolute Gasteiger partial charge is 0.313 e. The van der Waals surface area contributed by atoms with Gasteiger partial charge in [0.15, 0.2) is 0 Å². The molecular weight excluding hydrogens is 319 g/mol. The zero-order valence-electron chi connectivity index (χ0n) is 12.2. The van der Waals surface area contributed by atoms with Crippen LogP contribution in [0, 0.1) is 5.82 Å². The molecule has 1 N–H and O–H groups in total. The van der Waals surface area contributed by atoms with Gasteiger partial charge in [-0.2, -0.15) is 0 Å². The summed E-state index contributed by atoms with van der Waals surface area (Å²) in [5, 5.41) is 2.34. The van der Waals surface area contributed by atoms with Gasteiger partial charge in [0.1, 0.15) is 5.82 Å². The SMILES string of the molecule is O=C(Nc1ccc(F)c(Cl)c1)C(=O)N1CCc2ccccc2C1. The average molecular weight is 333 g/mol. The minimum atomic E-state index is -0.757. The van der Waals surface area contributed by atoms with Crippen molar-refractivity contribution in [1.82, 2.24) is 4.90 Å². The molecule has 2 aromatic carbocycles. The van der Waals surface area contributed by atoms with Crippen molar-refractivity contribution in [2.24, 2.45) is 0 Å². The molecule has 2 aromatic rings. The number of halogens is 2. The van der Waals surface area contributed by atoms with Gasteiger partial charge in [-0.1, -0.05) is 35.9 Å². The van der Waals surface area contributed by atoms with Crippen molar-refractivity contribution in [3.05, 3.63) is 64.4 Å². The van der Waals surface area contributed by atoms with E-state index in [4.69, 9.17) is 11.6 Å². The van der Waals surface area contributed by atoms with Gasteiger partial charge in [0.05, 0.1) is 5.02 Å². The van der Waals surface area contributed by atoms with Crippen LogP contribution in [-0.2, 0) is 22.6 Å². The molecule has 6 heteroatoms. The Morgan fingerprint density at radius 3 is 2.61 bits per heavy atom. The molecule has 0 unspecified atom stereocenters. The number of benzene rings is 2. The molecule has 4 nitrogen and oxygen atoms in total. The van der Waals surface area contributed by atoms with Crippen LogP contribution in [0.3, 0.4) is 0 Å². The summed E-state index contributed by atoms with van der Waals surface area (Å²) in [6.45, 7) is 0.903. The second kappa shape index (κ2) is 6.38. The third kappa shape index (κ3) is 3.35. The van der Waals surface area contributed by atoms with Crippen molar-refractivity contribution < 1.29 is 14.0 Å². The van der Waals surface area contributed by atoms with E-state index < -0.39 is 17.6 Å². The number of amides is 2. The number of carbonyl (C=O) groups is 2. The van der Waals surface area contributed by atoms with Crippen LogP contribution < -0.4 is 5.32 Å². The normalized spacial score (nSPS) is 13.4. The predicted octanol–water partition coefficient (Wildman–Crippen LogP) is 3.00. The molecule has 3 rings (SSSR count). The molecule has 2 amide bonds. The summed E-state index contributed by atoms with van der Waals surface area (Å²) < 4.78 is 13.1. The maximum Gasteiger partial charge on any atom is 0.313 e. The Kier molecular flexibility index (Phi) is 4.30. The van der Waals surface area contributed by atoms with E-state index in [0.29, 0.717) is 13.1 Å². The van der Waals surface area contributed by atoms with Gasteiger partial charge in [-0.3, -0.25) is 9.59 Å². The molecule has 1 aliphatic rings. The second-order valence-corrected chi connectivity index (χ2v) is 5.74. The zero-order valence-corrected chi connectivity index (χ0v) is 12.9. The van der Waals surface area contributed by atoms with E-state index >= 15 is 0 Å². The highest BCUT2D eigenvalue weighted by molar-refractivity contribution is 6.39. The molecule has 0 saturated carbocycles. The van der Waals surface area contributed by atoms with E-state index in [2.05, 4.69) is 5.32 Å². The summed E-state index contributed by atoms with van der Waals surface area (Å²) in [5.74, 6) is -1.95. The number of fused-ring (bicyclic) bond motifs is 1. The predicted molar refractivity (Wildman–Crippen MR) is 85.6 cm³/mol. The molecule has 0 atom stereocenters. The van der Waals surface area contributed by atoms with Crippen LogP contribution >= 0.6 is 11.6 Å².